The summed E-state index contributed by atoms with van der Waals surface area (Å²) in [5, 5.41) is 15.8. The second-order valence-corrected chi connectivity index (χ2v) is 5.09. The van der Waals surface area contributed by atoms with E-state index in [1.54, 1.807) is 12.1 Å². The van der Waals surface area contributed by atoms with E-state index in [1.165, 1.54) is 6.07 Å². The third kappa shape index (κ3) is 3.86. The van der Waals surface area contributed by atoms with Crippen LogP contribution in [-0.4, -0.2) is 30.1 Å². The summed E-state index contributed by atoms with van der Waals surface area (Å²) in [6.45, 7) is 1.80. The lowest BCUT2D eigenvalue weighted by atomic mass is 10.1. The number of hydrogen-bond acceptors (Lipinski definition) is 3. The molecule has 1 aliphatic heterocycles. The number of hydrogen-bond donors (Lipinski definition) is 3. The predicted octanol–water partition coefficient (Wildman–Crippen LogP) is 2.06. The summed E-state index contributed by atoms with van der Waals surface area (Å²) in [6, 6.07) is 4.99. The van der Waals surface area contributed by atoms with Crippen LogP contribution in [0, 0.1) is 0 Å². The number of phenols is 1. The number of phenolic OH excluding ortho intramolecular Hbond substituents is 1. The molecule has 3 N–H and O–H groups in total. The molecule has 6 heteroatoms. The van der Waals surface area contributed by atoms with E-state index in [1.807, 2.05) is 0 Å². The molecule has 100 valence electrons. The number of amides is 1. The van der Waals surface area contributed by atoms with Crippen molar-refractivity contribution in [3.8, 4) is 5.75 Å². The molecule has 0 aromatic heterocycles. The Morgan fingerprint density at radius 2 is 2.28 bits per heavy atom. The van der Waals surface area contributed by atoms with Gasteiger partial charge in [0.15, 0.2) is 0 Å². The third-order valence-corrected chi connectivity index (χ3v) is 3.33. The zero-order valence-corrected chi connectivity index (χ0v) is 12.2. The van der Waals surface area contributed by atoms with E-state index >= 15 is 0 Å². The van der Waals surface area contributed by atoms with Crippen molar-refractivity contribution in [2.45, 2.75) is 18.9 Å². The first-order chi connectivity index (χ1) is 8.16. The molecule has 1 aromatic rings. The number of benzene rings is 1. The lowest BCUT2D eigenvalue weighted by Crippen LogP contribution is -2.45. The second-order valence-electron chi connectivity index (χ2n) is 4.18. The highest BCUT2D eigenvalue weighted by molar-refractivity contribution is 9.10. The topological polar surface area (TPSA) is 61.4 Å². The maximum absolute atomic E-state index is 12.0. The number of piperidine rings is 1. The van der Waals surface area contributed by atoms with Gasteiger partial charge in [0, 0.05) is 17.1 Å². The van der Waals surface area contributed by atoms with Crippen LogP contribution < -0.4 is 10.6 Å². The number of rotatable bonds is 2. The van der Waals surface area contributed by atoms with Gasteiger partial charge in [0.05, 0.1) is 5.56 Å². The van der Waals surface area contributed by atoms with Crippen molar-refractivity contribution in [3.05, 3.63) is 28.2 Å². The minimum atomic E-state index is -0.225. The van der Waals surface area contributed by atoms with Crippen LogP contribution in [0.25, 0.3) is 0 Å². The highest BCUT2D eigenvalue weighted by Crippen LogP contribution is 2.21. The van der Waals surface area contributed by atoms with Crippen LogP contribution in [0.4, 0.5) is 0 Å². The van der Waals surface area contributed by atoms with E-state index in [0.717, 1.165) is 30.4 Å². The van der Waals surface area contributed by atoms with E-state index in [4.69, 9.17) is 0 Å². The van der Waals surface area contributed by atoms with E-state index < -0.39 is 0 Å². The summed E-state index contributed by atoms with van der Waals surface area (Å²) in [7, 11) is 0. The number of nitrogens with one attached hydrogen (secondary N) is 2. The van der Waals surface area contributed by atoms with Crippen molar-refractivity contribution in [3.63, 3.8) is 0 Å². The van der Waals surface area contributed by atoms with Crippen LogP contribution in [0.15, 0.2) is 22.7 Å². The normalized spacial score (nSPS) is 18.8. The fraction of sp³-hybridized carbons (Fsp3) is 0.417. The fourth-order valence-electron chi connectivity index (χ4n) is 1.93. The van der Waals surface area contributed by atoms with Crippen LogP contribution in [0.2, 0.25) is 0 Å². The molecule has 0 saturated carbocycles. The van der Waals surface area contributed by atoms with Crippen molar-refractivity contribution in [2.75, 3.05) is 13.1 Å². The largest absolute Gasteiger partial charge is 0.507 e. The molecule has 1 aliphatic rings. The van der Waals surface area contributed by atoms with Gasteiger partial charge in [0.25, 0.3) is 5.91 Å². The fourth-order valence-corrected chi connectivity index (χ4v) is 2.29. The maximum atomic E-state index is 12.0. The van der Waals surface area contributed by atoms with E-state index in [-0.39, 0.29) is 30.1 Å². The molecule has 18 heavy (non-hydrogen) atoms. The Labute approximate surface area is 121 Å². The summed E-state index contributed by atoms with van der Waals surface area (Å²) in [6.07, 6.45) is 2.04. The molecule has 1 unspecified atom stereocenters. The Kier molecular flexibility index (Phi) is 5.91. The first-order valence-corrected chi connectivity index (χ1v) is 6.46. The van der Waals surface area contributed by atoms with Gasteiger partial charge in [-0.1, -0.05) is 15.9 Å². The summed E-state index contributed by atoms with van der Waals surface area (Å²) in [4.78, 5) is 12.0. The summed E-state index contributed by atoms with van der Waals surface area (Å²) >= 11 is 3.29. The molecule has 0 aliphatic carbocycles. The standard InChI is InChI=1S/C12H15BrN2O2.ClH/c13-8-3-4-11(16)10(6-8)12(17)15-9-2-1-5-14-7-9;/h3-4,6,9,14,16H,1-2,5,7H2,(H,15,17);1H. The first kappa shape index (κ1) is 15.3. The summed E-state index contributed by atoms with van der Waals surface area (Å²) in [5.74, 6) is -0.216. The van der Waals surface area contributed by atoms with Gasteiger partial charge in [-0.25, -0.2) is 0 Å². The maximum Gasteiger partial charge on any atom is 0.255 e. The van der Waals surface area contributed by atoms with Gasteiger partial charge < -0.3 is 15.7 Å². The first-order valence-electron chi connectivity index (χ1n) is 5.67. The Balaban J connectivity index is 0.00000162. The van der Waals surface area contributed by atoms with Crippen molar-refractivity contribution >= 4 is 34.2 Å². The van der Waals surface area contributed by atoms with Crippen LogP contribution in [-0.2, 0) is 0 Å². The predicted molar refractivity (Wildman–Crippen MR) is 76.4 cm³/mol. The van der Waals surface area contributed by atoms with Gasteiger partial charge in [-0.3, -0.25) is 4.79 Å². The molecule has 0 radical (unpaired) electrons. The highest BCUT2D eigenvalue weighted by Gasteiger charge is 2.18. The minimum absolute atomic E-state index is 0. The highest BCUT2D eigenvalue weighted by atomic mass is 79.9. The van der Waals surface area contributed by atoms with Crippen molar-refractivity contribution in [2.24, 2.45) is 0 Å². The van der Waals surface area contributed by atoms with Gasteiger partial charge in [-0.15, -0.1) is 12.4 Å². The second kappa shape index (κ2) is 6.97. The average Bonchev–Trinajstić information content (AvgIpc) is 2.33. The molecule has 2 rings (SSSR count). The van der Waals surface area contributed by atoms with Gasteiger partial charge in [0.2, 0.25) is 0 Å². The molecule has 0 bridgehead atoms. The molecular weight excluding hydrogens is 320 g/mol. The lowest BCUT2D eigenvalue weighted by Gasteiger charge is -2.23. The van der Waals surface area contributed by atoms with Gasteiger partial charge in [-0.2, -0.15) is 0 Å². The number of carbonyl (C=O) groups excluding carboxylic acids is 1. The van der Waals surface area contributed by atoms with Crippen LogP contribution in [0.3, 0.4) is 0 Å². The Morgan fingerprint density at radius 1 is 1.50 bits per heavy atom. The van der Waals surface area contributed by atoms with E-state index in [0.29, 0.717) is 5.56 Å². The summed E-state index contributed by atoms with van der Waals surface area (Å²) < 4.78 is 0.780. The van der Waals surface area contributed by atoms with Crippen molar-refractivity contribution in [1.29, 1.82) is 0 Å². The third-order valence-electron chi connectivity index (χ3n) is 2.84. The zero-order chi connectivity index (χ0) is 12.3. The van der Waals surface area contributed by atoms with Crippen molar-refractivity contribution < 1.29 is 9.90 Å². The Hall–Kier alpha value is -0.780. The summed E-state index contributed by atoms with van der Waals surface area (Å²) in [5.41, 5.74) is 0.310. The zero-order valence-electron chi connectivity index (χ0n) is 9.78. The van der Waals surface area contributed by atoms with Crippen LogP contribution >= 0.6 is 28.3 Å². The quantitative estimate of drug-likeness (QED) is 0.775. The van der Waals surface area contributed by atoms with Gasteiger partial charge >= 0.3 is 0 Å². The molecule has 1 atom stereocenters. The number of carbonyl (C=O) groups is 1. The molecule has 1 aromatic carbocycles. The lowest BCUT2D eigenvalue weighted by molar-refractivity contribution is 0.0928. The SMILES string of the molecule is Cl.O=C(NC1CCCNC1)c1cc(Br)ccc1O. The van der Waals surface area contributed by atoms with Crippen LogP contribution in [0.5, 0.6) is 5.75 Å². The van der Waals surface area contributed by atoms with Gasteiger partial charge in [0.1, 0.15) is 5.75 Å². The number of aromatic hydroxyl groups is 1. The molecule has 1 amide bonds. The molecular formula is C12H16BrClN2O2. The van der Waals surface area contributed by atoms with Gasteiger partial charge in [-0.05, 0) is 37.6 Å². The molecule has 0 spiro atoms. The van der Waals surface area contributed by atoms with E-state index in [2.05, 4.69) is 26.6 Å². The molecule has 1 heterocycles. The van der Waals surface area contributed by atoms with Crippen molar-refractivity contribution in [1.82, 2.24) is 10.6 Å². The smallest absolute Gasteiger partial charge is 0.255 e. The monoisotopic (exact) mass is 334 g/mol. The molecule has 4 nitrogen and oxygen atoms in total. The minimum Gasteiger partial charge on any atom is -0.507 e. The molecule has 1 saturated heterocycles. The Bertz CT molecular complexity index is 423. The Morgan fingerprint density at radius 3 is 2.94 bits per heavy atom. The van der Waals surface area contributed by atoms with Crippen LogP contribution in [0.1, 0.15) is 23.2 Å². The average molecular weight is 336 g/mol. The van der Waals surface area contributed by atoms with E-state index in [9.17, 15) is 9.90 Å². The number of halogens is 2. The molecule has 1 fully saturated rings.